The number of anilines is 2. The lowest BCUT2D eigenvalue weighted by Crippen LogP contribution is -2.26. The predicted molar refractivity (Wildman–Crippen MR) is 111 cm³/mol. The van der Waals surface area contributed by atoms with Crippen molar-refractivity contribution in [1.82, 2.24) is 15.0 Å². The molecule has 0 saturated heterocycles. The van der Waals surface area contributed by atoms with Crippen LogP contribution in [-0.2, 0) is 0 Å². The Morgan fingerprint density at radius 3 is 2.83 bits per heavy atom. The molecule has 2 aromatic carbocycles. The van der Waals surface area contributed by atoms with Gasteiger partial charge in [-0.25, -0.2) is 19.3 Å². The number of aromatic nitrogens is 3. The first-order chi connectivity index (χ1) is 14.2. The van der Waals surface area contributed by atoms with Gasteiger partial charge in [0.15, 0.2) is 11.6 Å². The minimum absolute atomic E-state index is 0.126. The topological polar surface area (TPSA) is 80.2 Å². The standard InChI is InChI=1S/C21H19FN4O2S/c22-16-7-1-12-10-23-21(25-13-2-8-17-18(9-13)29-11-24-17)26-19(12)20(16)28-15-5-3-14(27)4-6-15/h1-2,7-11,14-15,27H,3-6H2,(H,23,25,26)/t14-,15+. The van der Waals surface area contributed by atoms with Gasteiger partial charge in [-0.1, -0.05) is 0 Å². The first-order valence-electron chi connectivity index (χ1n) is 9.56. The number of fused-ring (bicyclic) bond motifs is 2. The molecule has 2 aromatic heterocycles. The molecule has 4 aromatic rings. The number of hydrogen-bond acceptors (Lipinski definition) is 7. The van der Waals surface area contributed by atoms with Crippen LogP contribution in [0, 0.1) is 5.82 Å². The third-order valence-corrected chi connectivity index (χ3v) is 5.97. The number of benzene rings is 2. The van der Waals surface area contributed by atoms with Crippen molar-refractivity contribution in [2.45, 2.75) is 37.9 Å². The van der Waals surface area contributed by atoms with E-state index in [9.17, 15) is 9.50 Å². The molecule has 0 unspecified atom stereocenters. The van der Waals surface area contributed by atoms with Crippen molar-refractivity contribution in [1.29, 1.82) is 0 Å². The summed E-state index contributed by atoms with van der Waals surface area (Å²) in [5.74, 6) is 0.0717. The molecule has 2 heterocycles. The van der Waals surface area contributed by atoms with Crippen LogP contribution in [0.2, 0.25) is 0 Å². The second-order valence-corrected chi connectivity index (χ2v) is 8.10. The molecule has 0 amide bonds. The Balaban J connectivity index is 1.46. The second kappa shape index (κ2) is 7.53. The summed E-state index contributed by atoms with van der Waals surface area (Å²) in [6.07, 6.45) is 3.97. The number of halogens is 1. The van der Waals surface area contributed by atoms with Crippen LogP contribution in [0.4, 0.5) is 16.0 Å². The maximum Gasteiger partial charge on any atom is 0.227 e. The molecule has 0 bridgehead atoms. The van der Waals surface area contributed by atoms with Crippen molar-refractivity contribution in [3.05, 3.63) is 47.9 Å². The fourth-order valence-corrected chi connectivity index (χ4v) is 4.33. The van der Waals surface area contributed by atoms with Crippen molar-refractivity contribution in [2.24, 2.45) is 0 Å². The van der Waals surface area contributed by atoms with Crippen LogP contribution in [-0.4, -0.2) is 32.3 Å². The molecule has 148 valence electrons. The average Bonchev–Trinajstić information content (AvgIpc) is 3.20. The van der Waals surface area contributed by atoms with E-state index < -0.39 is 5.82 Å². The minimum Gasteiger partial charge on any atom is -0.485 e. The molecular weight excluding hydrogens is 391 g/mol. The smallest absolute Gasteiger partial charge is 0.227 e. The summed E-state index contributed by atoms with van der Waals surface area (Å²) in [5.41, 5.74) is 4.02. The SMILES string of the molecule is O[C@H]1CC[C@@H](Oc2c(F)ccc3cnc(Nc4ccc5ncsc5c4)nc23)CC1. The molecule has 29 heavy (non-hydrogen) atoms. The van der Waals surface area contributed by atoms with Gasteiger partial charge in [0.25, 0.3) is 0 Å². The van der Waals surface area contributed by atoms with E-state index >= 15 is 0 Å². The van der Waals surface area contributed by atoms with Gasteiger partial charge in [0, 0.05) is 17.3 Å². The molecule has 5 rings (SSSR count). The Morgan fingerprint density at radius 1 is 1.10 bits per heavy atom. The highest BCUT2D eigenvalue weighted by atomic mass is 32.1. The van der Waals surface area contributed by atoms with Crippen molar-refractivity contribution >= 4 is 44.1 Å². The summed E-state index contributed by atoms with van der Waals surface area (Å²) in [5, 5.41) is 13.6. The molecule has 1 aliphatic rings. The van der Waals surface area contributed by atoms with Gasteiger partial charge < -0.3 is 15.2 Å². The van der Waals surface area contributed by atoms with E-state index in [1.807, 2.05) is 18.2 Å². The van der Waals surface area contributed by atoms with Gasteiger partial charge in [0.2, 0.25) is 5.95 Å². The van der Waals surface area contributed by atoms with Crippen LogP contribution < -0.4 is 10.1 Å². The summed E-state index contributed by atoms with van der Waals surface area (Å²) >= 11 is 1.56. The maximum absolute atomic E-state index is 14.6. The molecule has 6 nitrogen and oxygen atoms in total. The number of rotatable bonds is 4. The van der Waals surface area contributed by atoms with E-state index in [0.717, 1.165) is 15.9 Å². The number of aliphatic hydroxyl groups is 1. The summed E-state index contributed by atoms with van der Waals surface area (Å²) in [6, 6.07) is 8.85. The van der Waals surface area contributed by atoms with E-state index in [1.54, 1.807) is 29.1 Å². The molecule has 1 saturated carbocycles. The van der Waals surface area contributed by atoms with Crippen molar-refractivity contribution in [2.75, 3.05) is 5.32 Å². The fourth-order valence-electron chi connectivity index (χ4n) is 3.61. The van der Waals surface area contributed by atoms with Gasteiger partial charge in [-0.2, -0.15) is 0 Å². The molecule has 1 fully saturated rings. The normalized spacial score (nSPS) is 19.5. The van der Waals surface area contributed by atoms with Gasteiger partial charge >= 0.3 is 0 Å². The van der Waals surface area contributed by atoms with E-state index in [4.69, 9.17) is 4.74 Å². The third kappa shape index (κ3) is 3.73. The van der Waals surface area contributed by atoms with E-state index in [1.165, 1.54) is 6.07 Å². The third-order valence-electron chi connectivity index (χ3n) is 5.17. The van der Waals surface area contributed by atoms with E-state index in [2.05, 4.69) is 20.3 Å². The quantitative estimate of drug-likeness (QED) is 0.503. The second-order valence-electron chi connectivity index (χ2n) is 7.22. The highest BCUT2D eigenvalue weighted by Crippen LogP contribution is 2.32. The number of aliphatic hydroxyl groups excluding tert-OH is 1. The summed E-state index contributed by atoms with van der Waals surface area (Å²) in [4.78, 5) is 13.2. The van der Waals surface area contributed by atoms with E-state index in [-0.39, 0.29) is 18.0 Å². The highest BCUT2D eigenvalue weighted by molar-refractivity contribution is 7.16. The first kappa shape index (κ1) is 18.2. The van der Waals surface area contributed by atoms with Crippen LogP contribution in [0.5, 0.6) is 5.75 Å². The van der Waals surface area contributed by atoms with Gasteiger partial charge in [-0.3, -0.25) is 0 Å². The molecule has 0 atom stereocenters. The molecular formula is C21H19FN4O2S. The lowest BCUT2D eigenvalue weighted by Gasteiger charge is -2.26. The summed E-state index contributed by atoms with van der Waals surface area (Å²) < 4.78 is 21.6. The first-order valence-corrected chi connectivity index (χ1v) is 10.4. The Labute approximate surface area is 170 Å². The van der Waals surface area contributed by atoms with Crippen LogP contribution in [0.25, 0.3) is 21.1 Å². The van der Waals surface area contributed by atoms with Gasteiger partial charge in [0.05, 0.1) is 27.9 Å². The Bertz CT molecular complexity index is 1170. The number of thiazole rings is 1. The molecule has 0 aliphatic heterocycles. The molecule has 0 radical (unpaired) electrons. The van der Waals surface area contributed by atoms with Crippen LogP contribution in [0.1, 0.15) is 25.7 Å². The van der Waals surface area contributed by atoms with Crippen LogP contribution in [0.3, 0.4) is 0 Å². The lowest BCUT2D eigenvalue weighted by molar-refractivity contribution is 0.0654. The Morgan fingerprint density at radius 2 is 1.97 bits per heavy atom. The van der Waals surface area contributed by atoms with Crippen molar-refractivity contribution in [3.63, 3.8) is 0 Å². The zero-order chi connectivity index (χ0) is 19.8. The summed E-state index contributed by atoms with van der Waals surface area (Å²) in [6.45, 7) is 0. The maximum atomic E-state index is 14.6. The van der Waals surface area contributed by atoms with Gasteiger partial charge in [0.1, 0.15) is 5.52 Å². The number of nitrogens with one attached hydrogen (secondary N) is 1. The predicted octanol–water partition coefficient (Wildman–Crippen LogP) is 4.80. The summed E-state index contributed by atoms with van der Waals surface area (Å²) in [7, 11) is 0. The largest absolute Gasteiger partial charge is 0.485 e. The van der Waals surface area contributed by atoms with Crippen LogP contribution in [0.15, 0.2) is 42.0 Å². The highest BCUT2D eigenvalue weighted by Gasteiger charge is 2.23. The van der Waals surface area contributed by atoms with Gasteiger partial charge in [-0.05, 0) is 56.0 Å². The van der Waals surface area contributed by atoms with Crippen molar-refractivity contribution in [3.8, 4) is 5.75 Å². The monoisotopic (exact) mass is 410 g/mol. The molecule has 8 heteroatoms. The zero-order valence-corrected chi connectivity index (χ0v) is 16.3. The molecule has 2 N–H and O–H groups in total. The molecule has 0 spiro atoms. The molecule has 1 aliphatic carbocycles. The fraction of sp³-hybridized carbons (Fsp3) is 0.286. The van der Waals surface area contributed by atoms with Gasteiger partial charge in [-0.15, -0.1) is 11.3 Å². The number of ether oxygens (including phenoxy) is 1. The average molecular weight is 410 g/mol. The van der Waals surface area contributed by atoms with Crippen molar-refractivity contribution < 1.29 is 14.2 Å². The minimum atomic E-state index is -0.445. The number of nitrogens with zero attached hydrogens (tertiary/aromatic N) is 3. The Hall–Kier alpha value is -2.84. The zero-order valence-electron chi connectivity index (χ0n) is 15.5. The van der Waals surface area contributed by atoms with Crippen LogP contribution >= 0.6 is 11.3 Å². The lowest BCUT2D eigenvalue weighted by atomic mass is 9.95. The Kier molecular flexibility index (Phi) is 4.73. The number of hydrogen-bond donors (Lipinski definition) is 2. The van der Waals surface area contributed by atoms with E-state index in [0.29, 0.717) is 42.5 Å².